The summed E-state index contributed by atoms with van der Waals surface area (Å²) in [5.74, 6) is -1.67. The SMILES string of the molecule is Cc1nn(C(=O)c2c(-c3c(Cl)cccc3Cl)noc2C)c(C)c1Cc1c(Cl)cccc1Cl.Cc1nnsc1-c1c(C(=O)O)c(C)nn1C(=O)c1ccc(Cl)cc1. The Labute approximate surface area is 348 Å². The van der Waals surface area contributed by atoms with Crippen molar-refractivity contribution in [2.24, 2.45) is 0 Å². The molecule has 286 valence electrons. The summed E-state index contributed by atoms with van der Waals surface area (Å²) in [5.41, 5.74) is 5.21. The van der Waals surface area contributed by atoms with E-state index >= 15 is 0 Å². The molecule has 0 aliphatic rings. The number of aromatic carboxylic acids is 1. The number of nitrogens with zero attached hydrogens (tertiary/aromatic N) is 7. The Kier molecular flexibility index (Phi) is 12.1. The topological polar surface area (TPSA) is 159 Å². The molecule has 0 radical (unpaired) electrons. The van der Waals surface area contributed by atoms with Gasteiger partial charge in [0.2, 0.25) is 0 Å². The van der Waals surface area contributed by atoms with E-state index in [-0.39, 0.29) is 28.2 Å². The number of hydrogen-bond acceptors (Lipinski definition) is 10. The highest BCUT2D eigenvalue weighted by atomic mass is 35.5. The highest BCUT2D eigenvalue weighted by Gasteiger charge is 2.30. The Bertz CT molecular complexity index is 2620. The Morgan fingerprint density at radius 2 is 1.30 bits per heavy atom. The van der Waals surface area contributed by atoms with E-state index in [2.05, 4.69) is 24.9 Å². The van der Waals surface area contributed by atoms with Crippen LogP contribution in [0, 0.1) is 34.6 Å². The third kappa shape index (κ3) is 7.88. The quantitative estimate of drug-likeness (QED) is 0.163. The highest BCUT2D eigenvalue weighted by Crippen LogP contribution is 2.38. The van der Waals surface area contributed by atoms with E-state index in [1.165, 1.54) is 4.68 Å². The number of carbonyl (C=O) groups excluding carboxylic acids is 2. The number of halogens is 5. The van der Waals surface area contributed by atoms with Crippen LogP contribution in [-0.4, -0.2) is 57.2 Å². The zero-order chi connectivity index (χ0) is 40.6. The molecule has 0 saturated carbocycles. The van der Waals surface area contributed by atoms with Gasteiger partial charge in [0.1, 0.15) is 28.3 Å². The summed E-state index contributed by atoms with van der Waals surface area (Å²) in [4.78, 5) is 38.5. The molecule has 1 N–H and O–H groups in total. The molecule has 7 aromatic rings. The summed E-state index contributed by atoms with van der Waals surface area (Å²) in [5, 5.41) is 28.4. The number of hydrogen-bond donors (Lipinski definition) is 1. The predicted octanol–water partition coefficient (Wildman–Crippen LogP) is 10.4. The molecule has 18 heteroatoms. The average molecular weight is 872 g/mol. The van der Waals surface area contributed by atoms with Gasteiger partial charge in [0.15, 0.2) is 0 Å². The van der Waals surface area contributed by atoms with E-state index < -0.39 is 17.8 Å². The summed E-state index contributed by atoms with van der Waals surface area (Å²) in [6.45, 7) is 8.56. The average Bonchev–Trinajstić information content (AvgIpc) is 3.91. The normalized spacial score (nSPS) is 11.0. The van der Waals surface area contributed by atoms with E-state index in [4.69, 9.17) is 62.5 Å². The lowest BCUT2D eigenvalue weighted by molar-refractivity contribution is 0.0696. The lowest BCUT2D eigenvalue weighted by atomic mass is 10.0. The van der Waals surface area contributed by atoms with Gasteiger partial charge in [-0.25, -0.2) is 9.48 Å². The van der Waals surface area contributed by atoms with Gasteiger partial charge >= 0.3 is 5.97 Å². The van der Waals surface area contributed by atoms with Crippen LogP contribution in [0.1, 0.15) is 70.7 Å². The first-order chi connectivity index (χ1) is 26.6. The molecule has 4 aromatic heterocycles. The number of rotatable bonds is 7. The maximum Gasteiger partial charge on any atom is 0.339 e. The zero-order valence-corrected chi connectivity index (χ0v) is 34.6. The van der Waals surface area contributed by atoms with E-state index in [0.29, 0.717) is 70.4 Å². The molecular formula is C38H28Cl5N7O5S. The lowest BCUT2D eigenvalue weighted by Gasteiger charge is -2.09. The summed E-state index contributed by atoms with van der Waals surface area (Å²) >= 11 is 32.3. The Morgan fingerprint density at radius 1 is 0.714 bits per heavy atom. The molecule has 0 amide bonds. The van der Waals surface area contributed by atoms with Crippen LogP contribution in [0.4, 0.5) is 0 Å². The van der Waals surface area contributed by atoms with Crippen molar-refractivity contribution in [2.75, 3.05) is 0 Å². The third-order valence-electron chi connectivity index (χ3n) is 8.75. The number of carbonyl (C=O) groups is 3. The Morgan fingerprint density at radius 3 is 1.88 bits per heavy atom. The third-order valence-corrected chi connectivity index (χ3v) is 11.2. The minimum Gasteiger partial charge on any atom is -0.478 e. The summed E-state index contributed by atoms with van der Waals surface area (Å²) in [6, 6.07) is 16.7. The molecule has 56 heavy (non-hydrogen) atoms. The minimum absolute atomic E-state index is 0.0357. The second-order valence-electron chi connectivity index (χ2n) is 12.3. The van der Waals surface area contributed by atoms with Crippen molar-refractivity contribution >= 4 is 87.3 Å². The molecule has 0 bridgehead atoms. The molecule has 3 aromatic carbocycles. The van der Waals surface area contributed by atoms with E-state index in [1.807, 2.05) is 13.8 Å². The zero-order valence-electron chi connectivity index (χ0n) is 30.0. The Hall–Kier alpha value is -4.89. The van der Waals surface area contributed by atoms with Crippen molar-refractivity contribution in [3.8, 4) is 21.8 Å². The molecule has 0 fully saturated rings. The molecular weight excluding hydrogens is 844 g/mol. The fourth-order valence-corrected chi connectivity index (χ4v) is 7.86. The summed E-state index contributed by atoms with van der Waals surface area (Å²) in [6.07, 6.45) is 0.440. The van der Waals surface area contributed by atoms with Crippen LogP contribution in [0.15, 0.2) is 65.2 Å². The molecule has 0 spiro atoms. The second kappa shape index (κ2) is 16.7. The van der Waals surface area contributed by atoms with Crippen LogP contribution in [0.5, 0.6) is 0 Å². The first-order valence-electron chi connectivity index (χ1n) is 16.5. The van der Waals surface area contributed by atoms with Crippen molar-refractivity contribution in [3.05, 3.63) is 142 Å². The van der Waals surface area contributed by atoms with Gasteiger partial charge in [-0.1, -0.05) is 79.8 Å². The van der Waals surface area contributed by atoms with E-state index in [0.717, 1.165) is 27.3 Å². The number of carboxylic acids is 1. The van der Waals surface area contributed by atoms with Gasteiger partial charge in [-0.05, 0) is 100 Å². The smallest absolute Gasteiger partial charge is 0.339 e. The van der Waals surface area contributed by atoms with Crippen molar-refractivity contribution in [3.63, 3.8) is 0 Å². The molecule has 7 rings (SSSR count). The first-order valence-corrected chi connectivity index (χ1v) is 19.1. The molecule has 0 aliphatic heterocycles. The molecule has 0 unspecified atom stereocenters. The predicted molar refractivity (Wildman–Crippen MR) is 216 cm³/mol. The van der Waals surface area contributed by atoms with Crippen LogP contribution in [0.25, 0.3) is 21.8 Å². The number of aromatic nitrogens is 7. The maximum atomic E-state index is 13.6. The van der Waals surface area contributed by atoms with Crippen LogP contribution >= 0.6 is 69.5 Å². The largest absolute Gasteiger partial charge is 0.478 e. The maximum absolute atomic E-state index is 13.6. The summed E-state index contributed by atoms with van der Waals surface area (Å²) < 4.78 is 11.6. The van der Waals surface area contributed by atoms with E-state index in [9.17, 15) is 19.5 Å². The van der Waals surface area contributed by atoms with Crippen LogP contribution in [0.2, 0.25) is 25.1 Å². The lowest BCUT2D eigenvalue weighted by Crippen LogP contribution is -2.17. The van der Waals surface area contributed by atoms with Gasteiger partial charge in [-0.3, -0.25) is 9.59 Å². The number of benzene rings is 3. The van der Waals surface area contributed by atoms with E-state index in [1.54, 1.807) is 81.4 Å². The second-order valence-corrected chi connectivity index (χ2v) is 15.1. The van der Waals surface area contributed by atoms with Crippen molar-refractivity contribution in [1.82, 2.24) is 34.3 Å². The van der Waals surface area contributed by atoms with Crippen LogP contribution < -0.4 is 0 Å². The molecule has 0 atom stereocenters. The van der Waals surface area contributed by atoms with Gasteiger partial charge in [0, 0.05) is 43.9 Å². The van der Waals surface area contributed by atoms with Gasteiger partial charge in [0.25, 0.3) is 11.8 Å². The first kappa shape index (κ1) is 40.8. The van der Waals surface area contributed by atoms with Gasteiger partial charge in [0.05, 0.1) is 32.0 Å². The molecule has 4 heterocycles. The highest BCUT2D eigenvalue weighted by molar-refractivity contribution is 7.09. The van der Waals surface area contributed by atoms with Crippen LogP contribution in [0.3, 0.4) is 0 Å². The van der Waals surface area contributed by atoms with Gasteiger partial charge in [-0.2, -0.15) is 14.9 Å². The van der Waals surface area contributed by atoms with Crippen molar-refractivity contribution in [1.29, 1.82) is 0 Å². The van der Waals surface area contributed by atoms with Crippen molar-refractivity contribution in [2.45, 2.75) is 41.0 Å². The standard InChI is InChI=1S/C23H17Cl4N3O2.C15H11ClN4O3S/c1-11-14(10-15-16(24)6-4-7-17(15)25)12(2)30(28-11)23(31)20-13(3)32-29-22(20)21-18(26)8-5-9-19(21)27;1-7-11(15(22)23)12(13-8(2)17-19-24-13)20(18-7)14(21)9-3-5-10(16)6-4-9/h4-9H,10H2,1-3H3;3-6H,1-2H3,(H,22,23). The van der Waals surface area contributed by atoms with Gasteiger partial charge < -0.3 is 9.63 Å². The Balaban J connectivity index is 0.000000198. The molecule has 0 aliphatic carbocycles. The molecule has 12 nitrogen and oxygen atoms in total. The molecule has 0 saturated heterocycles. The monoisotopic (exact) mass is 869 g/mol. The number of aryl methyl sites for hydroxylation is 4. The number of carboxylic acid groups (broad SMARTS) is 1. The summed E-state index contributed by atoms with van der Waals surface area (Å²) in [7, 11) is 0. The minimum atomic E-state index is -1.16. The van der Waals surface area contributed by atoms with Crippen LogP contribution in [-0.2, 0) is 6.42 Å². The van der Waals surface area contributed by atoms with Crippen molar-refractivity contribution < 1.29 is 24.0 Å². The fourth-order valence-electron chi connectivity index (χ4n) is 5.93. The fraction of sp³-hybridized carbons (Fsp3) is 0.158. The van der Waals surface area contributed by atoms with Gasteiger partial charge in [-0.15, -0.1) is 5.10 Å².